The summed E-state index contributed by atoms with van der Waals surface area (Å²) in [5.74, 6) is -0.577. The molecule has 0 atom stereocenters. The number of carbonyl (C=O) groups is 1. The predicted octanol–water partition coefficient (Wildman–Crippen LogP) is 4.59. The van der Waals surface area contributed by atoms with Gasteiger partial charge in [-0.15, -0.1) is 24.5 Å². The van der Waals surface area contributed by atoms with E-state index in [1.165, 1.54) is 29.7 Å². The second-order valence-corrected chi connectivity index (χ2v) is 6.76. The van der Waals surface area contributed by atoms with Gasteiger partial charge in [0.05, 0.1) is 5.56 Å². The fourth-order valence-corrected chi connectivity index (χ4v) is 3.07. The first-order chi connectivity index (χ1) is 12.8. The molecule has 2 aromatic heterocycles. The average molecular weight is 393 g/mol. The number of halogens is 3. The van der Waals surface area contributed by atoms with Gasteiger partial charge in [0.15, 0.2) is 5.13 Å². The molecular formula is C18H14F3N3O2S. The molecule has 1 amide bonds. The Balaban J connectivity index is 1.60. The zero-order chi connectivity index (χ0) is 19.4. The Morgan fingerprint density at radius 1 is 1.11 bits per heavy atom. The average Bonchev–Trinajstić information content (AvgIpc) is 3.03. The zero-order valence-corrected chi connectivity index (χ0v) is 14.9. The van der Waals surface area contributed by atoms with Crippen LogP contribution in [0.2, 0.25) is 0 Å². The molecule has 1 N–H and O–H groups in total. The van der Waals surface area contributed by atoms with Crippen molar-refractivity contribution in [2.75, 3.05) is 5.32 Å². The fourth-order valence-electron chi connectivity index (χ4n) is 2.23. The maximum Gasteiger partial charge on any atom is 0.573 e. The number of hydrogen-bond acceptors (Lipinski definition) is 5. The summed E-state index contributed by atoms with van der Waals surface area (Å²) in [5.41, 5.74) is 2.04. The Bertz CT molecular complexity index is 922. The highest BCUT2D eigenvalue weighted by molar-refractivity contribution is 7.15. The minimum absolute atomic E-state index is 0.268. The van der Waals surface area contributed by atoms with E-state index >= 15 is 0 Å². The minimum Gasteiger partial charge on any atom is -0.406 e. The second kappa shape index (κ2) is 7.75. The highest BCUT2D eigenvalue weighted by atomic mass is 32.1. The van der Waals surface area contributed by atoms with E-state index in [9.17, 15) is 18.0 Å². The van der Waals surface area contributed by atoms with Crippen LogP contribution in [-0.2, 0) is 6.42 Å². The summed E-state index contributed by atoms with van der Waals surface area (Å²) < 4.78 is 40.4. The summed E-state index contributed by atoms with van der Waals surface area (Å²) in [6.45, 7) is 1.83. The van der Waals surface area contributed by atoms with E-state index in [2.05, 4.69) is 20.0 Å². The van der Waals surface area contributed by atoms with Crippen LogP contribution in [0.15, 0.2) is 48.8 Å². The van der Waals surface area contributed by atoms with E-state index in [-0.39, 0.29) is 11.7 Å². The molecule has 0 unspecified atom stereocenters. The van der Waals surface area contributed by atoms with Crippen molar-refractivity contribution in [1.29, 1.82) is 0 Å². The van der Waals surface area contributed by atoms with Crippen LogP contribution in [0.25, 0.3) is 0 Å². The highest BCUT2D eigenvalue weighted by Gasteiger charge is 2.30. The Kier molecular flexibility index (Phi) is 5.41. The summed E-state index contributed by atoms with van der Waals surface area (Å²) >= 11 is 1.29. The van der Waals surface area contributed by atoms with E-state index in [1.807, 2.05) is 6.92 Å². The number of aryl methyl sites for hydroxylation is 1. The smallest absolute Gasteiger partial charge is 0.406 e. The lowest BCUT2D eigenvalue weighted by Gasteiger charge is -2.08. The van der Waals surface area contributed by atoms with Gasteiger partial charge in [-0.05, 0) is 36.8 Å². The zero-order valence-electron chi connectivity index (χ0n) is 14.1. The lowest BCUT2D eigenvalue weighted by molar-refractivity contribution is -0.274. The van der Waals surface area contributed by atoms with Crippen LogP contribution in [0.1, 0.15) is 26.5 Å². The van der Waals surface area contributed by atoms with Crippen LogP contribution in [0, 0.1) is 6.92 Å². The second-order valence-electron chi connectivity index (χ2n) is 5.64. The van der Waals surface area contributed by atoms with E-state index in [0.29, 0.717) is 17.1 Å². The van der Waals surface area contributed by atoms with Gasteiger partial charge in [-0.3, -0.25) is 15.1 Å². The lowest BCUT2D eigenvalue weighted by Crippen LogP contribution is -2.17. The maximum absolute atomic E-state index is 12.2. The van der Waals surface area contributed by atoms with Gasteiger partial charge in [0, 0.05) is 29.4 Å². The third-order valence-electron chi connectivity index (χ3n) is 3.48. The molecule has 0 aliphatic carbocycles. The van der Waals surface area contributed by atoms with Crippen LogP contribution < -0.4 is 10.1 Å². The molecule has 5 nitrogen and oxygen atoms in total. The Morgan fingerprint density at radius 2 is 1.85 bits per heavy atom. The number of anilines is 1. The van der Waals surface area contributed by atoms with Crippen LogP contribution in [0.5, 0.6) is 5.75 Å². The van der Waals surface area contributed by atoms with Gasteiger partial charge in [0.25, 0.3) is 5.91 Å². The summed E-state index contributed by atoms with van der Waals surface area (Å²) in [4.78, 5) is 21.2. The van der Waals surface area contributed by atoms with E-state index in [4.69, 9.17) is 0 Å². The molecule has 0 saturated carbocycles. The van der Waals surface area contributed by atoms with Crippen molar-refractivity contribution in [1.82, 2.24) is 9.97 Å². The molecule has 3 aromatic rings. The normalized spacial score (nSPS) is 11.3. The molecule has 0 aliphatic rings. The van der Waals surface area contributed by atoms with E-state index in [1.54, 1.807) is 30.5 Å². The number of pyridine rings is 1. The number of nitrogens with one attached hydrogen (secondary N) is 1. The van der Waals surface area contributed by atoms with Crippen molar-refractivity contribution in [3.63, 3.8) is 0 Å². The molecule has 0 radical (unpaired) electrons. The molecule has 27 heavy (non-hydrogen) atoms. The fraction of sp³-hybridized carbons (Fsp3) is 0.167. The molecule has 140 valence electrons. The van der Waals surface area contributed by atoms with E-state index < -0.39 is 6.36 Å². The van der Waals surface area contributed by atoms with Gasteiger partial charge >= 0.3 is 6.36 Å². The third-order valence-corrected chi connectivity index (χ3v) is 4.40. The van der Waals surface area contributed by atoms with Crippen molar-refractivity contribution < 1.29 is 22.7 Å². The quantitative estimate of drug-likeness (QED) is 0.689. The van der Waals surface area contributed by atoms with Gasteiger partial charge in [-0.25, -0.2) is 4.98 Å². The van der Waals surface area contributed by atoms with Crippen LogP contribution in [0.4, 0.5) is 18.3 Å². The number of thiazole rings is 1. The predicted molar refractivity (Wildman–Crippen MR) is 95.0 cm³/mol. The highest BCUT2D eigenvalue weighted by Crippen LogP contribution is 2.25. The number of benzene rings is 1. The summed E-state index contributed by atoms with van der Waals surface area (Å²) in [7, 11) is 0. The number of carbonyl (C=O) groups excluding carboxylic acids is 1. The summed E-state index contributed by atoms with van der Waals surface area (Å²) in [6, 6.07) is 9.05. The summed E-state index contributed by atoms with van der Waals surface area (Å²) in [5, 5.41) is 3.14. The van der Waals surface area contributed by atoms with Crippen molar-refractivity contribution >= 4 is 22.4 Å². The molecule has 9 heteroatoms. The maximum atomic E-state index is 12.2. The molecule has 0 spiro atoms. The lowest BCUT2D eigenvalue weighted by atomic mass is 10.1. The SMILES string of the molecule is Cc1ccc(C(=O)Nc2ncc(Cc3ccc(OC(F)(F)F)cc3)s2)cn1. The van der Waals surface area contributed by atoms with Gasteiger partial charge in [0.1, 0.15) is 5.75 Å². The largest absolute Gasteiger partial charge is 0.573 e. The minimum atomic E-state index is -4.71. The number of alkyl halides is 3. The number of nitrogens with zero attached hydrogens (tertiary/aromatic N) is 2. The monoisotopic (exact) mass is 393 g/mol. The molecule has 0 fully saturated rings. The molecule has 2 heterocycles. The molecule has 0 bridgehead atoms. The van der Waals surface area contributed by atoms with Gasteiger partial charge < -0.3 is 4.74 Å². The molecule has 0 saturated heterocycles. The topological polar surface area (TPSA) is 64.1 Å². The number of hydrogen-bond donors (Lipinski definition) is 1. The number of amides is 1. The van der Waals surface area contributed by atoms with Crippen LogP contribution in [0.3, 0.4) is 0 Å². The standard InChI is InChI=1S/C18H14F3N3O2S/c1-11-2-5-13(9-22-11)16(25)24-17-23-10-15(27-17)8-12-3-6-14(7-4-12)26-18(19,20)21/h2-7,9-10H,8H2,1H3,(H,23,24,25). The summed E-state index contributed by atoms with van der Waals surface area (Å²) in [6.07, 6.45) is -1.12. The van der Waals surface area contributed by atoms with Gasteiger partial charge in [0.2, 0.25) is 0 Å². The van der Waals surface area contributed by atoms with Crippen molar-refractivity contribution in [3.8, 4) is 5.75 Å². The number of rotatable bonds is 5. The molecular weight excluding hydrogens is 379 g/mol. The first kappa shape index (κ1) is 18.8. The Hall–Kier alpha value is -2.94. The third kappa shape index (κ3) is 5.52. The van der Waals surface area contributed by atoms with Crippen LogP contribution >= 0.6 is 11.3 Å². The van der Waals surface area contributed by atoms with Crippen molar-refractivity contribution in [2.45, 2.75) is 19.7 Å². The van der Waals surface area contributed by atoms with Crippen molar-refractivity contribution in [2.24, 2.45) is 0 Å². The van der Waals surface area contributed by atoms with Gasteiger partial charge in [-0.2, -0.15) is 0 Å². The Morgan fingerprint density at radius 3 is 2.48 bits per heavy atom. The van der Waals surface area contributed by atoms with Crippen molar-refractivity contribution in [3.05, 3.63) is 70.5 Å². The molecule has 1 aromatic carbocycles. The first-order valence-corrected chi connectivity index (χ1v) is 8.63. The molecule has 0 aliphatic heterocycles. The van der Waals surface area contributed by atoms with E-state index in [0.717, 1.165) is 16.1 Å². The number of aromatic nitrogens is 2. The first-order valence-electron chi connectivity index (χ1n) is 7.82. The van der Waals surface area contributed by atoms with Crippen LogP contribution in [-0.4, -0.2) is 22.2 Å². The van der Waals surface area contributed by atoms with Gasteiger partial charge in [-0.1, -0.05) is 12.1 Å². The number of ether oxygens (including phenoxy) is 1. The molecule has 3 rings (SSSR count). The Labute approximate surface area is 156 Å².